The minimum Gasteiger partial charge on any atom is -0.346 e. The number of carbonyl (C=O) groups is 1. The van der Waals surface area contributed by atoms with Gasteiger partial charge in [-0.1, -0.05) is 30.7 Å². The molecule has 2 aromatic heterocycles. The van der Waals surface area contributed by atoms with Gasteiger partial charge in [0.2, 0.25) is 0 Å². The molecule has 146 valence electrons. The molecule has 4 rings (SSSR count). The number of hydrogen-bond acceptors (Lipinski definition) is 6. The lowest BCUT2D eigenvalue weighted by Crippen LogP contribution is -2.36. The third-order valence-corrected chi connectivity index (χ3v) is 6.48. The maximum absolute atomic E-state index is 12.4. The second-order valence-corrected chi connectivity index (χ2v) is 8.31. The first-order chi connectivity index (χ1) is 13.2. The van der Waals surface area contributed by atoms with E-state index in [1.54, 1.807) is 0 Å². The van der Waals surface area contributed by atoms with Gasteiger partial charge in [0.15, 0.2) is 0 Å². The van der Waals surface area contributed by atoms with E-state index in [0.29, 0.717) is 11.4 Å². The monoisotopic (exact) mass is 388 g/mol. The molecule has 2 aliphatic rings. The third-order valence-electron chi connectivity index (χ3n) is 5.71. The number of aromatic nitrogens is 4. The summed E-state index contributed by atoms with van der Waals surface area (Å²) in [5.41, 5.74) is 2.97. The van der Waals surface area contributed by atoms with E-state index in [0.717, 1.165) is 61.4 Å². The summed E-state index contributed by atoms with van der Waals surface area (Å²) in [5.74, 6) is -0.103. The van der Waals surface area contributed by atoms with E-state index in [9.17, 15) is 4.79 Å². The van der Waals surface area contributed by atoms with Crippen molar-refractivity contribution in [2.45, 2.75) is 77.5 Å². The fourth-order valence-electron chi connectivity index (χ4n) is 4.25. The maximum Gasteiger partial charge on any atom is 0.265 e. The summed E-state index contributed by atoms with van der Waals surface area (Å²) in [4.78, 5) is 15.7. The van der Waals surface area contributed by atoms with Crippen LogP contribution >= 0.6 is 11.5 Å². The quantitative estimate of drug-likeness (QED) is 0.852. The van der Waals surface area contributed by atoms with E-state index >= 15 is 0 Å². The Kier molecular flexibility index (Phi) is 5.83. The molecular formula is C19H28N6OS. The molecule has 2 aromatic rings. The van der Waals surface area contributed by atoms with E-state index in [1.807, 2.05) is 6.92 Å². The zero-order valence-electron chi connectivity index (χ0n) is 16.0. The van der Waals surface area contributed by atoms with Gasteiger partial charge >= 0.3 is 0 Å². The Bertz CT molecular complexity index is 779. The summed E-state index contributed by atoms with van der Waals surface area (Å²) in [5, 5.41) is 11.7. The van der Waals surface area contributed by atoms with Gasteiger partial charge in [0, 0.05) is 25.7 Å². The summed E-state index contributed by atoms with van der Waals surface area (Å²) >= 11 is 1.16. The molecule has 1 fully saturated rings. The number of rotatable bonds is 5. The lowest BCUT2D eigenvalue weighted by Gasteiger charge is -2.33. The molecule has 0 spiro atoms. The van der Waals surface area contributed by atoms with Crippen molar-refractivity contribution in [1.29, 1.82) is 0 Å². The predicted octanol–water partition coefficient (Wildman–Crippen LogP) is 2.77. The first-order valence-electron chi connectivity index (χ1n) is 10.1. The lowest BCUT2D eigenvalue weighted by atomic mass is 9.94. The van der Waals surface area contributed by atoms with Crippen molar-refractivity contribution in [2.75, 3.05) is 6.54 Å². The number of nitrogens with one attached hydrogen (secondary N) is 1. The van der Waals surface area contributed by atoms with Gasteiger partial charge in [-0.15, -0.1) is 5.10 Å². The Hall–Kier alpha value is -1.80. The molecular weight excluding hydrogens is 360 g/mol. The molecule has 0 bridgehead atoms. The average Bonchev–Trinajstić information content (AvgIpc) is 3.28. The Balaban J connectivity index is 1.39. The van der Waals surface area contributed by atoms with Crippen LogP contribution in [0.4, 0.5) is 0 Å². The van der Waals surface area contributed by atoms with Crippen molar-refractivity contribution in [1.82, 2.24) is 29.6 Å². The Morgan fingerprint density at radius 1 is 1.26 bits per heavy atom. The summed E-state index contributed by atoms with van der Waals surface area (Å²) in [7, 11) is 0. The van der Waals surface area contributed by atoms with E-state index in [4.69, 9.17) is 5.10 Å². The van der Waals surface area contributed by atoms with Crippen LogP contribution in [0.3, 0.4) is 0 Å². The Morgan fingerprint density at radius 2 is 2.11 bits per heavy atom. The standard InChI is InChI=1S/C19H28N6OS/c1-2-17-18(27-23-21-17)19(26)20-12-14-11-16-13-24(9-6-10-25(16)22-14)15-7-4-3-5-8-15/h11,15H,2-10,12-13H2,1H3,(H,20,26). The third kappa shape index (κ3) is 4.21. The van der Waals surface area contributed by atoms with E-state index in [-0.39, 0.29) is 5.91 Å². The minimum absolute atomic E-state index is 0.103. The number of nitrogens with zero attached hydrogens (tertiary/aromatic N) is 5. The molecule has 1 aliphatic heterocycles. The van der Waals surface area contributed by atoms with Gasteiger partial charge in [0.1, 0.15) is 4.88 Å². The Labute approximate surface area is 164 Å². The topological polar surface area (TPSA) is 75.9 Å². The molecule has 8 heteroatoms. The minimum atomic E-state index is -0.103. The van der Waals surface area contributed by atoms with Crippen LogP contribution in [-0.2, 0) is 26.1 Å². The first kappa shape index (κ1) is 18.6. The highest BCUT2D eigenvalue weighted by atomic mass is 32.1. The molecule has 0 unspecified atom stereocenters. The van der Waals surface area contributed by atoms with Crippen molar-refractivity contribution in [3.63, 3.8) is 0 Å². The van der Waals surface area contributed by atoms with Crippen LogP contribution < -0.4 is 5.32 Å². The van der Waals surface area contributed by atoms with Crippen LogP contribution in [0.5, 0.6) is 0 Å². The first-order valence-corrected chi connectivity index (χ1v) is 10.9. The number of carbonyl (C=O) groups excluding carboxylic acids is 1. The maximum atomic E-state index is 12.4. The van der Waals surface area contributed by atoms with Crippen LogP contribution in [-0.4, -0.2) is 42.8 Å². The average molecular weight is 389 g/mol. The summed E-state index contributed by atoms with van der Waals surface area (Å²) in [6, 6.07) is 2.89. The van der Waals surface area contributed by atoms with Crippen LogP contribution in [0.25, 0.3) is 0 Å². The molecule has 1 saturated carbocycles. The molecule has 0 radical (unpaired) electrons. The molecule has 7 nitrogen and oxygen atoms in total. The summed E-state index contributed by atoms with van der Waals surface area (Å²) in [6.07, 6.45) is 8.65. The number of amides is 1. The molecule has 1 amide bonds. The summed E-state index contributed by atoms with van der Waals surface area (Å²) in [6.45, 7) is 5.54. The van der Waals surface area contributed by atoms with Crippen LogP contribution in [0.15, 0.2) is 6.07 Å². The fraction of sp³-hybridized carbons (Fsp3) is 0.684. The van der Waals surface area contributed by atoms with Crippen LogP contribution in [0.1, 0.15) is 72.2 Å². The molecule has 3 heterocycles. The van der Waals surface area contributed by atoms with Gasteiger partial charge in [-0.3, -0.25) is 14.4 Å². The summed E-state index contributed by atoms with van der Waals surface area (Å²) < 4.78 is 6.03. The van der Waals surface area contributed by atoms with Gasteiger partial charge in [0.25, 0.3) is 5.91 Å². The van der Waals surface area contributed by atoms with Crippen molar-refractivity contribution in [2.24, 2.45) is 0 Å². The van der Waals surface area contributed by atoms with Crippen molar-refractivity contribution >= 4 is 17.4 Å². The van der Waals surface area contributed by atoms with Crippen LogP contribution in [0, 0.1) is 0 Å². The largest absolute Gasteiger partial charge is 0.346 e. The molecule has 0 atom stereocenters. The van der Waals surface area contributed by atoms with Crippen molar-refractivity contribution in [3.05, 3.63) is 28.0 Å². The van der Waals surface area contributed by atoms with E-state index < -0.39 is 0 Å². The molecule has 0 aromatic carbocycles. The highest BCUT2D eigenvalue weighted by Gasteiger charge is 2.25. The Morgan fingerprint density at radius 3 is 2.93 bits per heavy atom. The number of aryl methyl sites for hydroxylation is 2. The lowest BCUT2D eigenvalue weighted by molar-refractivity contribution is 0.0953. The molecule has 27 heavy (non-hydrogen) atoms. The predicted molar refractivity (Wildman–Crippen MR) is 105 cm³/mol. The zero-order chi connectivity index (χ0) is 18.6. The molecule has 0 saturated heterocycles. The zero-order valence-corrected chi connectivity index (χ0v) is 16.8. The highest BCUT2D eigenvalue weighted by molar-refractivity contribution is 7.08. The van der Waals surface area contributed by atoms with Gasteiger partial charge in [-0.2, -0.15) is 5.10 Å². The molecule has 1 aliphatic carbocycles. The van der Waals surface area contributed by atoms with Crippen LogP contribution in [0.2, 0.25) is 0 Å². The number of fused-ring (bicyclic) bond motifs is 1. The normalized spacial score (nSPS) is 18.9. The fourth-order valence-corrected chi connectivity index (χ4v) is 4.92. The van der Waals surface area contributed by atoms with Crippen molar-refractivity contribution < 1.29 is 4.79 Å². The molecule has 1 N–H and O–H groups in total. The van der Waals surface area contributed by atoms with Gasteiger partial charge < -0.3 is 5.32 Å². The van der Waals surface area contributed by atoms with Gasteiger partial charge in [-0.05, 0) is 43.3 Å². The van der Waals surface area contributed by atoms with E-state index in [1.165, 1.54) is 37.8 Å². The second kappa shape index (κ2) is 8.48. The SMILES string of the molecule is CCc1nnsc1C(=O)NCc1cc2n(n1)CCCN(C1CCCCC1)C2. The second-order valence-electron chi connectivity index (χ2n) is 7.55. The van der Waals surface area contributed by atoms with Crippen molar-refractivity contribution in [3.8, 4) is 0 Å². The van der Waals surface area contributed by atoms with E-state index in [2.05, 4.69) is 30.6 Å². The van der Waals surface area contributed by atoms with Gasteiger partial charge in [0.05, 0.1) is 23.6 Å². The number of hydrogen-bond donors (Lipinski definition) is 1. The van der Waals surface area contributed by atoms with Gasteiger partial charge in [-0.25, -0.2) is 0 Å². The highest BCUT2D eigenvalue weighted by Crippen LogP contribution is 2.26. The smallest absolute Gasteiger partial charge is 0.265 e.